The molecule has 3 rings (SSSR count). The molecular formula is C15H20ClFN2O. The first-order valence-electron chi connectivity index (χ1n) is 6.89. The summed E-state index contributed by atoms with van der Waals surface area (Å²) in [6, 6.07) is 7.66. The summed E-state index contributed by atoms with van der Waals surface area (Å²) in [6.07, 6.45) is 4.32. The Morgan fingerprint density at radius 3 is 2.40 bits per heavy atom. The molecule has 2 aliphatic heterocycles. The molecule has 20 heavy (non-hydrogen) atoms. The smallest absolute Gasteiger partial charge is 0.132 e. The second kappa shape index (κ2) is 6.10. The number of hydrogen-bond donors (Lipinski definition) is 1. The van der Waals surface area contributed by atoms with Gasteiger partial charge in [-0.1, -0.05) is 23.4 Å². The van der Waals surface area contributed by atoms with Crippen LogP contribution in [0.25, 0.3) is 0 Å². The summed E-state index contributed by atoms with van der Waals surface area (Å²) in [7, 11) is 2.16. The molecule has 2 bridgehead atoms. The second-order valence-electron chi connectivity index (χ2n) is 5.68. The number of oxime groups is 1. The van der Waals surface area contributed by atoms with Crippen LogP contribution in [0.1, 0.15) is 31.2 Å². The molecule has 0 spiro atoms. The third kappa shape index (κ3) is 2.54. The highest BCUT2D eigenvalue weighted by atomic mass is 35.5. The van der Waals surface area contributed by atoms with E-state index in [1.165, 1.54) is 18.9 Å². The van der Waals surface area contributed by atoms with Gasteiger partial charge in [0.05, 0.1) is 5.71 Å². The van der Waals surface area contributed by atoms with Gasteiger partial charge < -0.3 is 10.1 Å². The van der Waals surface area contributed by atoms with Crippen LogP contribution in [0.3, 0.4) is 0 Å². The highest BCUT2D eigenvalue weighted by Gasteiger charge is 2.40. The summed E-state index contributed by atoms with van der Waals surface area (Å²) < 4.78 is 13.9. The molecular weight excluding hydrogens is 279 g/mol. The Kier molecular flexibility index (Phi) is 4.66. The average molecular weight is 299 g/mol. The summed E-state index contributed by atoms with van der Waals surface area (Å²) in [5.41, 5.74) is 0.960. The lowest BCUT2D eigenvalue weighted by Gasteiger charge is -2.36. The standard InChI is InChI=1S/C15H19FN2O.ClH/c1-18-11-6-7-12(18)9-10(8-11)15(17-19)13-4-2-3-5-14(13)16;/h2-5,10-12,19H,6-9H2,1H3;1H/b17-15+;. The highest BCUT2D eigenvalue weighted by molar-refractivity contribution is 6.02. The van der Waals surface area contributed by atoms with Gasteiger partial charge >= 0.3 is 0 Å². The molecule has 2 saturated heterocycles. The third-order valence-corrected chi connectivity index (χ3v) is 4.74. The fourth-order valence-corrected chi connectivity index (χ4v) is 3.66. The molecule has 3 nitrogen and oxygen atoms in total. The van der Waals surface area contributed by atoms with Crippen molar-refractivity contribution in [3.8, 4) is 0 Å². The van der Waals surface area contributed by atoms with Crippen molar-refractivity contribution in [2.75, 3.05) is 7.05 Å². The fraction of sp³-hybridized carbons (Fsp3) is 0.533. The van der Waals surface area contributed by atoms with E-state index in [-0.39, 0.29) is 24.1 Å². The van der Waals surface area contributed by atoms with Crippen molar-refractivity contribution in [1.29, 1.82) is 0 Å². The van der Waals surface area contributed by atoms with E-state index in [1.807, 2.05) is 0 Å². The summed E-state index contributed by atoms with van der Waals surface area (Å²) in [6.45, 7) is 0. The molecule has 0 saturated carbocycles. The number of halogens is 2. The van der Waals surface area contributed by atoms with Crippen LogP contribution in [-0.2, 0) is 0 Å². The van der Waals surface area contributed by atoms with E-state index in [9.17, 15) is 9.60 Å². The van der Waals surface area contributed by atoms with Crippen molar-refractivity contribution >= 4 is 18.1 Å². The molecule has 0 amide bonds. The maximum Gasteiger partial charge on any atom is 0.132 e. The molecule has 0 aliphatic carbocycles. The van der Waals surface area contributed by atoms with Gasteiger partial charge in [-0.3, -0.25) is 0 Å². The molecule has 5 heteroatoms. The molecule has 2 heterocycles. The van der Waals surface area contributed by atoms with Crippen LogP contribution >= 0.6 is 12.4 Å². The molecule has 0 radical (unpaired) electrons. The molecule has 1 aromatic rings. The van der Waals surface area contributed by atoms with Gasteiger partial charge in [-0.25, -0.2) is 4.39 Å². The van der Waals surface area contributed by atoms with E-state index in [0.717, 1.165) is 12.8 Å². The normalized spacial score (nSPS) is 30.1. The Labute approximate surface area is 124 Å². The molecule has 0 aromatic heterocycles. The Balaban J connectivity index is 0.00000147. The van der Waals surface area contributed by atoms with Crippen molar-refractivity contribution in [2.24, 2.45) is 11.1 Å². The lowest BCUT2D eigenvalue weighted by atomic mass is 9.84. The van der Waals surface area contributed by atoms with E-state index in [0.29, 0.717) is 23.4 Å². The van der Waals surface area contributed by atoms with E-state index in [2.05, 4.69) is 17.1 Å². The van der Waals surface area contributed by atoms with Crippen molar-refractivity contribution in [3.05, 3.63) is 35.6 Å². The number of piperidine rings is 1. The quantitative estimate of drug-likeness (QED) is 0.516. The van der Waals surface area contributed by atoms with Crippen LogP contribution in [0.5, 0.6) is 0 Å². The molecule has 110 valence electrons. The van der Waals surface area contributed by atoms with Gasteiger partial charge in [-0.05, 0) is 38.8 Å². The first kappa shape index (κ1) is 15.3. The van der Waals surface area contributed by atoms with Crippen molar-refractivity contribution in [3.63, 3.8) is 0 Å². The average Bonchev–Trinajstić information content (AvgIpc) is 2.65. The van der Waals surface area contributed by atoms with Crippen LogP contribution in [-0.4, -0.2) is 35.0 Å². The number of hydrogen-bond acceptors (Lipinski definition) is 3. The molecule has 2 atom stereocenters. The third-order valence-electron chi connectivity index (χ3n) is 4.74. The first-order valence-corrected chi connectivity index (χ1v) is 6.89. The summed E-state index contributed by atoms with van der Waals surface area (Å²) in [5, 5.41) is 12.7. The Morgan fingerprint density at radius 1 is 1.25 bits per heavy atom. The van der Waals surface area contributed by atoms with Crippen LogP contribution in [0.2, 0.25) is 0 Å². The Morgan fingerprint density at radius 2 is 1.85 bits per heavy atom. The van der Waals surface area contributed by atoms with Crippen molar-refractivity contribution < 1.29 is 9.60 Å². The number of benzene rings is 1. The van der Waals surface area contributed by atoms with Gasteiger partial charge in [0, 0.05) is 23.6 Å². The first-order chi connectivity index (χ1) is 9.20. The SMILES string of the molecule is CN1C2CCC1CC(/C(=N\O)c1ccccc1F)C2.Cl. The predicted octanol–water partition coefficient (Wildman–Crippen LogP) is 3.30. The van der Waals surface area contributed by atoms with Crippen LogP contribution < -0.4 is 0 Å². The Hall–Kier alpha value is -1.13. The highest BCUT2D eigenvalue weighted by Crippen LogP contribution is 2.39. The van der Waals surface area contributed by atoms with Crippen LogP contribution in [0.15, 0.2) is 29.4 Å². The van der Waals surface area contributed by atoms with E-state index in [1.54, 1.807) is 18.2 Å². The largest absolute Gasteiger partial charge is 0.411 e. The summed E-state index contributed by atoms with van der Waals surface area (Å²) >= 11 is 0. The molecule has 2 fully saturated rings. The van der Waals surface area contributed by atoms with Crippen molar-refractivity contribution in [1.82, 2.24) is 4.90 Å². The lowest BCUT2D eigenvalue weighted by Crippen LogP contribution is -2.42. The van der Waals surface area contributed by atoms with E-state index in [4.69, 9.17) is 0 Å². The molecule has 1 N–H and O–H groups in total. The van der Waals surface area contributed by atoms with Crippen LogP contribution in [0.4, 0.5) is 4.39 Å². The van der Waals surface area contributed by atoms with Crippen molar-refractivity contribution in [2.45, 2.75) is 37.8 Å². The van der Waals surface area contributed by atoms with Gasteiger partial charge in [-0.15, -0.1) is 12.4 Å². The molecule has 1 aromatic carbocycles. The maximum atomic E-state index is 13.9. The van der Waals surface area contributed by atoms with E-state index >= 15 is 0 Å². The maximum absolute atomic E-state index is 13.9. The predicted molar refractivity (Wildman–Crippen MR) is 79.3 cm³/mol. The molecule has 2 aliphatic rings. The summed E-state index contributed by atoms with van der Waals surface area (Å²) in [5.74, 6) is -0.142. The summed E-state index contributed by atoms with van der Waals surface area (Å²) in [4.78, 5) is 2.42. The van der Waals surface area contributed by atoms with Crippen LogP contribution in [0, 0.1) is 11.7 Å². The topological polar surface area (TPSA) is 35.8 Å². The zero-order chi connectivity index (χ0) is 13.4. The van der Waals surface area contributed by atoms with Gasteiger partial charge in [0.1, 0.15) is 5.82 Å². The Bertz CT molecular complexity index is 494. The fourth-order valence-electron chi connectivity index (χ4n) is 3.66. The minimum absolute atomic E-state index is 0. The van der Waals surface area contributed by atoms with Gasteiger partial charge in [-0.2, -0.15) is 0 Å². The number of nitrogens with zero attached hydrogens (tertiary/aromatic N) is 2. The van der Waals surface area contributed by atoms with Gasteiger partial charge in [0.15, 0.2) is 0 Å². The monoisotopic (exact) mass is 298 g/mol. The van der Waals surface area contributed by atoms with E-state index < -0.39 is 0 Å². The minimum atomic E-state index is -0.304. The minimum Gasteiger partial charge on any atom is -0.411 e. The van der Waals surface area contributed by atoms with Gasteiger partial charge in [0.2, 0.25) is 0 Å². The zero-order valence-corrected chi connectivity index (χ0v) is 12.3. The zero-order valence-electron chi connectivity index (χ0n) is 11.5. The second-order valence-corrected chi connectivity index (χ2v) is 5.68. The lowest BCUT2D eigenvalue weighted by molar-refractivity contribution is 0.156. The number of fused-ring (bicyclic) bond motifs is 2. The number of rotatable bonds is 2. The van der Waals surface area contributed by atoms with Gasteiger partial charge in [0.25, 0.3) is 0 Å². The molecule has 2 unspecified atom stereocenters.